The van der Waals surface area contributed by atoms with E-state index in [0.717, 1.165) is 18.8 Å². The van der Waals surface area contributed by atoms with Gasteiger partial charge in [-0.2, -0.15) is 0 Å². The zero-order chi connectivity index (χ0) is 14.3. The molecule has 0 aliphatic carbocycles. The lowest BCUT2D eigenvalue weighted by molar-refractivity contribution is -0.305. The van der Waals surface area contributed by atoms with Gasteiger partial charge < -0.3 is 9.90 Å². The number of carbonyl (C=O) groups excluding carboxylic acids is 1. The molecule has 0 aromatic heterocycles. The van der Waals surface area contributed by atoms with E-state index in [0.29, 0.717) is 0 Å². The zero-order valence-corrected chi connectivity index (χ0v) is 13.1. The van der Waals surface area contributed by atoms with Gasteiger partial charge in [-0.25, -0.2) is 0 Å². The van der Waals surface area contributed by atoms with Crippen molar-refractivity contribution in [3.05, 3.63) is 0 Å². The van der Waals surface area contributed by atoms with Gasteiger partial charge in [-0.3, -0.25) is 0 Å². The van der Waals surface area contributed by atoms with Crippen molar-refractivity contribution < 1.29 is 9.90 Å². The largest absolute Gasteiger partial charge is 0.550 e. The monoisotopic (exact) mass is 269 g/mol. The predicted octanol–water partition coefficient (Wildman–Crippen LogP) is 4.46. The predicted molar refractivity (Wildman–Crippen MR) is 79.9 cm³/mol. The molecule has 0 unspecified atom stereocenters. The van der Waals surface area contributed by atoms with Crippen LogP contribution in [0.15, 0.2) is 0 Å². The highest BCUT2D eigenvalue weighted by Crippen LogP contribution is 2.13. The first-order chi connectivity index (χ1) is 9.13. The number of hydrogen-bond donors (Lipinski definition) is 0. The molecule has 0 rings (SSSR count). The van der Waals surface area contributed by atoms with E-state index >= 15 is 0 Å². The van der Waals surface area contributed by atoms with Gasteiger partial charge in [0.25, 0.3) is 0 Å². The van der Waals surface area contributed by atoms with Gasteiger partial charge >= 0.3 is 0 Å². The molecule has 0 aliphatic rings. The Labute approximate surface area is 120 Å². The van der Waals surface area contributed by atoms with Crippen LogP contribution in [-0.4, -0.2) is 5.97 Å². The smallest absolute Gasteiger partial charge is 0.0414 e. The van der Waals surface area contributed by atoms with Crippen LogP contribution in [0.1, 0.15) is 97.3 Å². The van der Waals surface area contributed by atoms with Gasteiger partial charge in [0.05, 0.1) is 0 Å². The number of hydrogen-bond acceptors (Lipinski definition) is 2. The molecule has 0 saturated heterocycles. The minimum atomic E-state index is -0.905. The van der Waals surface area contributed by atoms with Gasteiger partial charge in [-0.15, -0.1) is 0 Å². The molecule has 0 atom stereocenters. The normalized spacial score (nSPS) is 11.1. The molecule has 0 fully saturated rings. The highest BCUT2D eigenvalue weighted by molar-refractivity contribution is 5.63. The van der Waals surface area contributed by atoms with Crippen LogP contribution in [0.25, 0.3) is 0 Å². The summed E-state index contributed by atoms with van der Waals surface area (Å²) in [7, 11) is 0. The Morgan fingerprint density at radius 3 is 1.47 bits per heavy atom. The first-order valence-electron chi connectivity index (χ1n) is 8.32. The summed E-state index contributed by atoms with van der Waals surface area (Å²) in [5.41, 5.74) is 0. The summed E-state index contributed by atoms with van der Waals surface area (Å²) in [6.45, 7) is 4.60. The maximum absolute atomic E-state index is 10.2. The lowest BCUT2D eigenvalue weighted by Crippen LogP contribution is -2.21. The molecule has 0 aliphatic heterocycles. The number of rotatable bonds is 14. The Balaban J connectivity index is 2.97. The van der Waals surface area contributed by atoms with Gasteiger partial charge in [0.1, 0.15) is 0 Å². The molecule has 2 heteroatoms. The van der Waals surface area contributed by atoms with Crippen LogP contribution in [0.5, 0.6) is 0 Å². The molecular formula is C17H33O2-. The molecule has 0 amide bonds. The zero-order valence-electron chi connectivity index (χ0n) is 13.1. The van der Waals surface area contributed by atoms with Crippen LogP contribution < -0.4 is 5.11 Å². The second-order valence-corrected chi connectivity index (χ2v) is 6.19. The standard InChI is InChI=1S/C17H34O2/c1-16(2)14-12-10-8-6-4-3-5-7-9-11-13-15-17(18)19/h16H,3-15H2,1-2H3,(H,18,19)/p-1. The van der Waals surface area contributed by atoms with Gasteiger partial charge in [0, 0.05) is 5.97 Å². The summed E-state index contributed by atoms with van der Waals surface area (Å²) in [6.07, 6.45) is 15.5. The Morgan fingerprint density at radius 1 is 0.737 bits per heavy atom. The molecule has 0 spiro atoms. The van der Waals surface area contributed by atoms with Gasteiger partial charge in [-0.1, -0.05) is 84.5 Å². The van der Waals surface area contributed by atoms with E-state index < -0.39 is 5.97 Å². The number of carboxylic acid groups (broad SMARTS) is 1. The molecule has 0 bridgehead atoms. The van der Waals surface area contributed by atoms with Gasteiger partial charge in [0.2, 0.25) is 0 Å². The fraction of sp³-hybridized carbons (Fsp3) is 0.941. The number of unbranched alkanes of at least 4 members (excludes halogenated alkanes) is 10. The quantitative estimate of drug-likeness (QED) is 0.437. The molecule has 0 aromatic carbocycles. The summed E-state index contributed by atoms with van der Waals surface area (Å²) in [5.74, 6) is -0.0469. The molecule has 0 aromatic rings. The fourth-order valence-electron chi connectivity index (χ4n) is 2.41. The highest BCUT2D eigenvalue weighted by atomic mass is 16.4. The second kappa shape index (κ2) is 13.9. The average Bonchev–Trinajstić information content (AvgIpc) is 2.34. The molecule has 0 saturated carbocycles. The van der Waals surface area contributed by atoms with Crippen molar-refractivity contribution in [3.8, 4) is 0 Å². The van der Waals surface area contributed by atoms with E-state index in [9.17, 15) is 9.90 Å². The van der Waals surface area contributed by atoms with Crippen molar-refractivity contribution in [1.82, 2.24) is 0 Å². The van der Waals surface area contributed by atoms with Crippen LogP contribution in [0.3, 0.4) is 0 Å². The summed E-state index contributed by atoms with van der Waals surface area (Å²) in [4.78, 5) is 10.2. The van der Waals surface area contributed by atoms with Crippen LogP contribution >= 0.6 is 0 Å². The Hall–Kier alpha value is -0.530. The number of carbonyl (C=O) groups is 1. The maximum Gasteiger partial charge on any atom is 0.0414 e. The van der Waals surface area contributed by atoms with Crippen molar-refractivity contribution >= 4 is 5.97 Å². The summed E-state index contributed by atoms with van der Waals surface area (Å²) in [6, 6.07) is 0. The van der Waals surface area contributed by atoms with Crippen molar-refractivity contribution in [2.75, 3.05) is 0 Å². The first-order valence-corrected chi connectivity index (χ1v) is 8.32. The van der Waals surface area contributed by atoms with Crippen LogP contribution in [0, 0.1) is 5.92 Å². The maximum atomic E-state index is 10.2. The van der Waals surface area contributed by atoms with Crippen molar-refractivity contribution in [2.24, 2.45) is 5.92 Å². The fourth-order valence-corrected chi connectivity index (χ4v) is 2.41. The van der Waals surface area contributed by atoms with Crippen LogP contribution in [0.2, 0.25) is 0 Å². The Bertz CT molecular complexity index is 199. The van der Waals surface area contributed by atoms with E-state index in [1.165, 1.54) is 64.2 Å². The molecule has 0 N–H and O–H groups in total. The van der Waals surface area contributed by atoms with Gasteiger partial charge in [-0.05, 0) is 18.8 Å². The summed E-state index contributed by atoms with van der Waals surface area (Å²) >= 11 is 0. The third-order valence-electron chi connectivity index (χ3n) is 3.66. The molecule has 19 heavy (non-hydrogen) atoms. The summed E-state index contributed by atoms with van der Waals surface area (Å²) in [5, 5.41) is 10.2. The van der Waals surface area contributed by atoms with E-state index in [1.807, 2.05) is 0 Å². The lowest BCUT2D eigenvalue weighted by Gasteiger charge is -2.05. The number of carboxylic acids is 1. The minimum Gasteiger partial charge on any atom is -0.550 e. The van der Waals surface area contributed by atoms with Crippen molar-refractivity contribution in [2.45, 2.75) is 97.3 Å². The SMILES string of the molecule is CC(C)CCCCCCCCCCCCCC(=O)[O-]. The first kappa shape index (κ1) is 18.5. The van der Waals surface area contributed by atoms with E-state index in [2.05, 4.69) is 13.8 Å². The molecule has 0 radical (unpaired) electrons. The van der Waals surface area contributed by atoms with Crippen LogP contribution in [0.4, 0.5) is 0 Å². The van der Waals surface area contributed by atoms with E-state index in [1.54, 1.807) is 0 Å². The van der Waals surface area contributed by atoms with Crippen LogP contribution in [-0.2, 0) is 4.79 Å². The highest BCUT2D eigenvalue weighted by Gasteiger charge is 1.95. The third-order valence-corrected chi connectivity index (χ3v) is 3.66. The Kier molecular flexibility index (Phi) is 13.5. The van der Waals surface area contributed by atoms with Crippen molar-refractivity contribution in [1.29, 1.82) is 0 Å². The van der Waals surface area contributed by atoms with Gasteiger partial charge in [0.15, 0.2) is 0 Å². The molecule has 0 heterocycles. The average molecular weight is 269 g/mol. The lowest BCUT2D eigenvalue weighted by atomic mass is 10.0. The van der Waals surface area contributed by atoms with Crippen molar-refractivity contribution in [3.63, 3.8) is 0 Å². The summed E-state index contributed by atoms with van der Waals surface area (Å²) < 4.78 is 0. The topological polar surface area (TPSA) is 40.1 Å². The number of aliphatic carboxylic acids is 1. The third kappa shape index (κ3) is 17.5. The van der Waals surface area contributed by atoms with E-state index in [4.69, 9.17) is 0 Å². The second-order valence-electron chi connectivity index (χ2n) is 6.19. The molecule has 2 nitrogen and oxygen atoms in total. The molecule has 114 valence electrons. The minimum absolute atomic E-state index is 0.233. The molecular weight excluding hydrogens is 236 g/mol. The Morgan fingerprint density at radius 2 is 1.11 bits per heavy atom. The van der Waals surface area contributed by atoms with E-state index in [-0.39, 0.29) is 6.42 Å².